The largest absolute Gasteiger partial charge is 0.478 e. The molecule has 8 nitrogen and oxygen atoms in total. The van der Waals surface area contributed by atoms with E-state index in [2.05, 4.69) is 4.99 Å². The minimum atomic E-state index is -1.01. The maximum atomic E-state index is 13.7. The number of ether oxygens (including phenoxy) is 1. The highest BCUT2D eigenvalue weighted by Gasteiger charge is 2.33. The first-order valence-electron chi connectivity index (χ1n) is 12.0. The van der Waals surface area contributed by atoms with Gasteiger partial charge in [-0.2, -0.15) is 0 Å². The van der Waals surface area contributed by atoms with Crippen molar-refractivity contribution in [2.24, 2.45) is 4.99 Å². The second-order valence-electron chi connectivity index (χ2n) is 8.70. The highest BCUT2D eigenvalue weighted by molar-refractivity contribution is 7.07. The lowest BCUT2D eigenvalue weighted by Gasteiger charge is -2.24. The van der Waals surface area contributed by atoms with E-state index in [1.54, 1.807) is 57.2 Å². The second-order valence-corrected chi connectivity index (χ2v) is 9.71. The second kappa shape index (κ2) is 10.1. The van der Waals surface area contributed by atoms with Crippen molar-refractivity contribution in [3.8, 4) is 11.3 Å². The summed E-state index contributed by atoms with van der Waals surface area (Å²) in [4.78, 5) is 43.2. The van der Waals surface area contributed by atoms with Crippen LogP contribution in [0, 0.1) is 6.92 Å². The molecule has 0 saturated heterocycles. The monoisotopic (exact) mass is 528 g/mol. The van der Waals surface area contributed by atoms with Gasteiger partial charge in [0.1, 0.15) is 11.5 Å². The predicted octanol–water partition coefficient (Wildman–Crippen LogP) is 4.06. The van der Waals surface area contributed by atoms with Crippen LogP contribution in [0.5, 0.6) is 0 Å². The van der Waals surface area contributed by atoms with Crippen molar-refractivity contribution < 1.29 is 23.8 Å². The molecule has 38 heavy (non-hydrogen) atoms. The van der Waals surface area contributed by atoms with Gasteiger partial charge in [-0.25, -0.2) is 14.6 Å². The van der Waals surface area contributed by atoms with E-state index in [9.17, 15) is 19.5 Å². The number of fused-ring (bicyclic) bond motifs is 1. The summed E-state index contributed by atoms with van der Waals surface area (Å²) in [7, 11) is 0. The van der Waals surface area contributed by atoms with Gasteiger partial charge in [-0.1, -0.05) is 53.8 Å². The van der Waals surface area contributed by atoms with Gasteiger partial charge in [-0.15, -0.1) is 0 Å². The highest BCUT2D eigenvalue weighted by atomic mass is 32.1. The molecule has 1 aliphatic rings. The molecule has 0 spiro atoms. The maximum Gasteiger partial charge on any atom is 0.338 e. The molecule has 0 saturated carbocycles. The molecule has 0 bridgehead atoms. The van der Waals surface area contributed by atoms with E-state index < -0.39 is 18.0 Å². The molecule has 0 fully saturated rings. The number of aromatic nitrogens is 1. The molecular formula is C29H24N2O6S. The molecule has 1 N–H and O–H groups in total. The molecule has 0 aliphatic carbocycles. The number of thiazole rings is 1. The summed E-state index contributed by atoms with van der Waals surface area (Å²) in [5.74, 6) is -0.593. The molecule has 0 amide bonds. The summed E-state index contributed by atoms with van der Waals surface area (Å²) in [5, 5.41) is 9.44. The van der Waals surface area contributed by atoms with Crippen LogP contribution in [-0.4, -0.2) is 28.2 Å². The minimum absolute atomic E-state index is 0.197. The van der Waals surface area contributed by atoms with Crippen LogP contribution in [-0.2, 0) is 9.53 Å². The SMILES string of the molecule is CCOC(=O)C1=C(C)N=c2sc(=Cc3ccc(-c4cccc(C(=O)O)c4C)o3)c(=O)n2[C@@H]1c1ccccc1. The number of esters is 1. The molecule has 2 aromatic heterocycles. The van der Waals surface area contributed by atoms with Gasteiger partial charge in [-0.05, 0) is 50.1 Å². The number of furan rings is 1. The number of hydrogen-bond acceptors (Lipinski definition) is 7. The molecule has 2 aromatic carbocycles. The average molecular weight is 529 g/mol. The van der Waals surface area contributed by atoms with Crippen LogP contribution in [0.1, 0.15) is 47.1 Å². The zero-order valence-corrected chi connectivity index (χ0v) is 21.7. The number of rotatable bonds is 6. The van der Waals surface area contributed by atoms with Crippen LogP contribution in [0.15, 0.2) is 86.1 Å². The predicted molar refractivity (Wildman–Crippen MR) is 143 cm³/mol. The van der Waals surface area contributed by atoms with Crippen molar-refractivity contribution >= 4 is 29.4 Å². The van der Waals surface area contributed by atoms with Gasteiger partial charge in [-0.3, -0.25) is 9.36 Å². The lowest BCUT2D eigenvalue weighted by Crippen LogP contribution is -2.39. The van der Waals surface area contributed by atoms with E-state index >= 15 is 0 Å². The van der Waals surface area contributed by atoms with Gasteiger partial charge >= 0.3 is 11.9 Å². The number of carbonyl (C=O) groups is 2. The Kier molecular flexibility index (Phi) is 6.69. The minimum Gasteiger partial charge on any atom is -0.478 e. The van der Waals surface area contributed by atoms with E-state index in [1.165, 1.54) is 15.9 Å². The fourth-order valence-corrected chi connectivity index (χ4v) is 5.61. The molecule has 3 heterocycles. The van der Waals surface area contributed by atoms with E-state index in [0.29, 0.717) is 43.3 Å². The standard InChI is InChI=1S/C29H24N2O6S/c1-4-36-28(35)24-17(3)30-29-31(25(24)18-9-6-5-7-10-18)26(32)23(38-29)15-19-13-14-22(37-19)20-11-8-12-21(16(20)2)27(33)34/h5-15,25H,4H2,1-3H3,(H,33,34)/t25-/m1/s1. The molecule has 1 aliphatic heterocycles. The molecule has 0 radical (unpaired) electrons. The highest BCUT2D eigenvalue weighted by Crippen LogP contribution is 2.31. The van der Waals surface area contributed by atoms with Crippen LogP contribution in [0.25, 0.3) is 17.4 Å². The van der Waals surface area contributed by atoms with E-state index in [0.717, 1.165) is 5.56 Å². The zero-order chi connectivity index (χ0) is 27.0. The smallest absolute Gasteiger partial charge is 0.338 e. The number of aromatic carboxylic acids is 1. The molecule has 5 rings (SSSR count). The Labute approximate surface area is 221 Å². The molecule has 1 atom stereocenters. The number of allylic oxidation sites excluding steroid dienone is 1. The van der Waals surface area contributed by atoms with Crippen LogP contribution in [0.3, 0.4) is 0 Å². The quantitative estimate of drug-likeness (QED) is 0.378. The fraction of sp³-hybridized carbons (Fsp3) is 0.172. The maximum absolute atomic E-state index is 13.7. The van der Waals surface area contributed by atoms with Crippen molar-refractivity contribution in [3.63, 3.8) is 0 Å². The van der Waals surface area contributed by atoms with Crippen molar-refractivity contribution in [2.45, 2.75) is 26.8 Å². The number of carboxylic acids is 1. The van der Waals surface area contributed by atoms with Crippen LogP contribution in [0.4, 0.5) is 0 Å². The Morgan fingerprint density at radius 3 is 2.58 bits per heavy atom. The zero-order valence-electron chi connectivity index (χ0n) is 20.9. The first-order valence-corrected chi connectivity index (χ1v) is 12.8. The van der Waals surface area contributed by atoms with E-state index in [4.69, 9.17) is 9.15 Å². The first-order chi connectivity index (χ1) is 18.3. The van der Waals surface area contributed by atoms with Crippen LogP contribution in [0.2, 0.25) is 0 Å². The molecular weight excluding hydrogens is 504 g/mol. The van der Waals surface area contributed by atoms with Gasteiger partial charge in [0.15, 0.2) is 4.80 Å². The summed E-state index contributed by atoms with van der Waals surface area (Å²) in [5.41, 5.74) is 2.73. The van der Waals surface area contributed by atoms with Gasteiger partial charge in [0, 0.05) is 11.6 Å². The number of hydrogen-bond donors (Lipinski definition) is 1. The van der Waals surface area contributed by atoms with Crippen molar-refractivity contribution in [1.82, 2.24) is 4.57 Å². The first kappa shape index (κ1) is 25.2. The number of carboxylic acid groups (broad SMARTS) is 1. The van der Waals surface area contributed by atoms with Gasteiger partial charge in [0.05, 0.1) is 34.0 Å². The summed E-state index contributed by atoms with van der Waals surface area (Å²) in [6.45, 7) is 5.41. The van der Waals surface area contributed by atoms with E-state index in [1.807, 2.05) is 30.3 Å². The summed E-state index contributed by atoms with van der Waals surface area (Å²) in [6, 6.07) is 17.1. The third-order valence-corrected chi connectivity index (χ3v) is 7.35. The third kappa shape index (κ3) is 4.41. The number of benzene rings is 2. The Hall–Kier alpha value is -4.50. The van der Waals surface area contributed by atoms with Gasteiger partial charge in [0.2, 0.25) is 0 Å². The van der Waals surface area contributed by atoms with Crippen molar-refractivity contribution in [2.75, 3.05) is 6.61 Å². The average Bonchev–Trinajstić information content (AvgIpc) is 3.48. The van der Waals surface area contributed by atoms with Gasteiger partial charge in [0.25, 0.3) is 5.56 Å². The number of carbonyl (C=O) groups excluding carboxylic acids is 1. The topological polar surface area (TPSA) is 111 Å². The fourth-order valence-electron chi connectivity index (χ4n) is 4.58. The van der Waals surface area contributed by atoms with E-state index in [-0.39, 0.29) is 17.7 Å². The summed E-state index contributed by atoms with van der Waals surface area (Å²) >= 11 is 1.20. The van der Waals surface area contributed by atoms with Crippen molar-refractivity contribution in [3.05, 3.63) is 114 Å². The normalized spacial score (nSPS) is 15.2. The number of nitrogens with zero attached hydrogens (tertiary/aromatic N) is 2. The van der Waals surface area contributed by atoms with Gasteiger partial charge < -0.3 is 14.3 Å². The summed E-state index contributed by atoms with van der Waals surface area (Å²) in [6.07, 6.45) is 1.63. The Bertz CT molecular complexity index is 1780. The Balaban J connectivity index is 1.62. The molecule has 192 valence electrons. The Morgan fingerprint density at radius 1 is 1.11 bits per heavy atom. The summed E-state index contributed by atoms with van der Waals surface area (Å²) < 4.78 is 13.2. The lowest BCUT2D eigenvalue weighted by atomic mass is 9.96. The Morgan fingerprint density at radius 2 is 1.87 bits per heavy atom. The van der Waals surface area contributed by atoms with Crippen LogP contribution < -0.4 is 14.9 Å². The third-order valence-electron chi connectivity index (χ3n) is 6.36. The van der Waals surface area contributed by atoms with Crippen LogP contribution >= 0.6 is 11.3 Å². The lowest BCUT2D eigenvalue weighted by molar-refractivity contribution is -0.139. The van der Waals surface area contributed by atoms with Crippen molar-refractivity contribution in [1.29, 1.82) is 0 Å². The molecule has 4 aromatic rings. The molecule has 9 heteroatoms. The molecule has 0 unspecified atom stereocenters.